The summed E-state index contributed by atoms with van der Waals surface area (Å²) in [4.78, 5) is 3.70. The van der Waals surface area contributed by atoms with Crippen molar-refractivity contribution < 1.29 is 42.4 Å². The van der Waals surface area contributed by atoms with Crippen LogP contribution < -0.4 is 14.2 Å². The maximum absolute atomic E-state index is 5.29. The van der Waals surface area contributed by atoms with Crippen molar-refractivity contribution in [2.24, 2.45) is 0 Å². The summed E-state index contributed by atoms with van der Waals surface area (Å²) in [7, 11) is 4.83. The van der Waals surface area contributed by atoms with E-state index in [9.17, 15) is 0 Å². The van der Waals surface area contributed by atoms with Gasteiger partial charge in [-0.25, -0.2) is 0 Å². The third-order valence-electron chi connectivity index (χ3n) is 3.89. The number of rotatable bonds is 6. The standard InChI is InChI=1S/C21H21O3S.6FH/c1-22-16-4-10-19(11-5-16)25(20-12-6-17(23-2)7-13-20)21-14-8-18(24-3)9-15-21;;;;;;/h4-15H,1-3H3;6*1H/q+1;;;;;;. The van der Waals surface area contributed by atoms with Crippen LogP contribution in [0.1, 0.15) is 0 Å². The van der Waals surface area contributed by atoms with Crippen LogP contribution in [0.2, 0.25) is 0 Å². The van der Waals surface area contributed by atoms with E-state index >= 15 is 0 Å². The molecule has 0 saturated carbocycles. The predicted molar refractivity (Wildman–Crippen MR) is 116 cm³/mol. The SMILES string of the molecule is COc1ccc([S+](c2ccc(OC)cc2)c2ccc(OC)cc2)cc1.F.F.F.F.F.F. The van der Waals surface area contributed by atoms with Gasteiger partial charge in [-0.3, -0.25) is 28.2 Å². The van der Waals surface area contributed by atoms with Gasteiger partial charge in [-0.15, -0.1) is 0 Å². The van der Waals surface area contributed by atoms with E-state index in [2.05, 4.69) is 36.4 Å². The van der Waals surface area contributed by atoms with Gasteiger partial charge in [0.15, 0.2) is 14.7 Å². The van der Waals surface area contributed by atoms with Crippen molar-refractivity contribution in [1.82, 2.24) is 0 Å². The first-order valence-corrected chi connectivity index (χ1v) is 9.14. The lowest BCUT2D eigenvalue weighted by atomic mass is 10.3. The topological polar surface area (TPSA) is 27.7 Å². The van der Waals surface area contributed by atoms with Crippen molar-refractivity contribution in [2.45, 2.75) is 14.7 Å². The summed E-state index contributed by atoms with van der Waals surface area (Å²) in [5.41, 5.74) is 0. The highest BCUT2D eigenvalue weighted by Gasteiger charge is 2.28. The van der Waals surface area contributed by atoms with Crippen LogP contribution in [0.15, 0.2) is 87.5 Å². The molecule has 0 unspecified atom stereocenters. The first kappa shape index (κ1) is 35.4. The van der Waals surface area contributed by atoms with Crippen molar-refractivity contribution in [3.8, 4) is 17.2 Å². The van der Waals surface area contributed by atoms with Gasteiger partial charge in [-0.05, 0) is 72.8 Å². The molecule has 0 aliphatic rings. The van der Waals surface area contributed by atoms with Crippen LogP contribution in [0.5, 0.6) is 17.2 Å². The van der Waals surface area contributed by atoms with Crippen molar-refractivity contribution in [3.05, 3.63) is 72.8 Å². The van der Waals surface area contributed by atoms with Crippen LogP contribution >= 0.6 is 0 Å². The van der Waals surface area contributed by atoms with Crippen molar-refractivity contribution in [3.63, 3.8) is 0 Å². The molecule has 0 amide bonds. The number of ether oxygens (including phenoxy) is 3. The zero-order chi connectivity index (χ0) is 17.6. The van der Waals surface area contributed by atoms with Crippen LogP contribution in [-0.2, 0) is 10.9 Å². The van der Waals surface area contributed by atoms with E-state index in [0.717, 1.165) is 17.2 Å². The molecule has 0 heterocycles. The minimum Gasteiger partial charge on any atom is -0.497 e. The summed E-state index contributed by atoms with van der Waals surface area (Å²) < 4.78 is 15.9. The van der Waals surface area contributed by atoms with Gasteiger partial charge in [0.2, 0.25) is 0 Å². The minimum atomic E-state index is -0.212. The molecule has 0 atom stereocenters. The predicted octanol–water partition coefficient (Wildman–Crippen LogP) is 5.72. The normalized spacial score (nSPS) is 8.52. The van der Waals surface area contributed by atoms with Crippen LogP contribution in [0, 0.1) is 0 Å². The van der Waals surface area contributed by atoms with E-state index in [-0.39, 0.29) is 39.1 Å². The second kappa shape index (κ2) is 16.8. The van der Waals surface area contributed by atoms with Crippen molar-refractivity contribution in [1.29, 1.82) is 0 Å². The summed E-state index contributed by atoms with van der Waals surface area (Å²) in [6.45, 7) is 0. The lowest BCUT2D eigenvalue weighted by molar-refractivity contribution is 0.414. The van der Waals surface area contributed by atoms with E-state index < -0.39 is 0 Å². The molecule has 0 spiro atoms. The Hall–Kier alpha value is -3.01. The Morgan fingerprint density at radius 3 is 0.742 bits per heavy atom. The Balaban J connectivity index is -0.000000607. The summed E-state index contributed by atoms with van der Waals surface area (Å²) in [6, 6.07) is 24.7. The summed E-state index contributed by atoms with van der Waals surface area (Å²) >= 11 is 0. The molecule has 3 aromatic carbocycles. The van der Waals surface area contributed by atoms with Crippen LogP contribution in [0.4, 0.5) is 28.2 Å². The van der Waals surface area contributed by atoms with Gasteiger partial charge >= 0.3 is 0 Å². The maximum atomic E-state index is 5.29. The third-order valence-corrected chi connectivity index (χ3v) is 6.12. The van der Waals surface area contributed by atoms with Gasteiger partial charge in [0.1, 0.15) is 17.2 Å². The van der Waals surface area contributed by atoms with Crippen LogP contribution in [0.25, 0.3) is 0 Å². The fraction of sp³-hybridized carbons (Fsp3) is 0.143. The second-order valence-electron chi connectivity index (χ2n) is 5.33. The largest absolute Gasteiger partial charge is 0.497 e. The summed E-state index contributed by atoms with van der Waals surface area (Å²) in [5.74, 6) is 2.57. The number of benzene rings is 3. The first-order chi connectivity index (χ1) is 12.2. The molecule has 0 fully saturated rings. The number of halogens is 6. The minimum absolute atomic E-state index is 0. The second-order valence-corrected chi connectivity index (χ2v) is 7.36. The first-order valence-electron chi connectivity index (χ1n) is 7.91. The highest BCUT2D eigenvalue weighted by atomic mass is 32.2. The lowest BCUT2D eigenvalue weighted by Crippen LogP contribution is -2.05. The molecule has 3 rings (SSSR count). The van der Waals surface area contributed by atoms with Crippen LogP contribution in [-0.4, -0.2) is 21.3 Å². The Labute approximate surface area is 179 Å². The molecule has 3 aromatic rings. The average molecular weight is 473 g/mol. The Bertz CT molecular complexity index is 705. The zero-order valence-corrected chi connectivity index (χ0v) is 17.8. The third kappa shape index (κ3) is 8.33. The Morgan fingerprint density at radius 2 is 0.581 bits per heavy atom. The molecule has 31 heavy (non-hydrogen) atoms. The number of methoxy groups -OCH3 is 3. The smallest absolute Gasteiger partial charge is 0.166 e. The van der Waals surface area contributed by atoms with Gasteiger partial charge < -0.3 is 14.2 Å². The van der Waals surface area contributed by atoms with Gasteiger partial charge in [-0.2, -0.15) is 0 Å². The highest BCUT2D eigenvalue weighted by molar-refractivity contribution is 7.97. The van der Waals surface area contributed by atoms with E-state index in [4.69, 9.17) is 14.2 Å². The molecule has 0 aliphatic carbocycles. The maximum Gasteiger partial charge on any atom is 0.166 e. The molecule has 10 heteroatoms. The fourth-order valence-electron chi connectivity index (χ4n) is 2.54. The molecule has 176 valence electrons. The van der Waals surface area contributed by atoms with Crippen LogP contribution in [0.3, 0.4) is 0 Å². The highest BCUT2D eigenvalue weighted by Crippen LogP contribution is 2.33. The molecule has 3 nitrogen and oxygen atoms in total. The molecular weight excluding hydrogens is 446 g/mol. The fourth-order valence-corrected chi connectivity index (χ4v) is 4.58. The van der Waals surface area contributed by atoms with Gasteiger partial charge in [0, 0.05) is 0 Å². The Kier molecular flexibility index (Phi) is 19.1. The molecule has 0 aromatic heterocycles. The number of hydrogen-bond acceptors (Lipinski definition) is 3. The van der Waals surface area contributed by atoms with Crippen molar-refractivity contribution in [2.75, 3.05) is 21.3 Å². The molecule has 0 aliphatic heterocycles. The zero-order valence-electron chi connectivity index (χ0n) is 17.0. The van der Waals surface area contributed by atoms with E-state index in [1.54, 1.807) is 21.3 Å². The van der Waals surface area contributed by atoms with Gasteiger partial charge in [-0.1, -0.05) is 0 Å². The Morgan fingerprint density at radius 1 is 0.387 bits per heavy atom. The average Bonchev–Trinajstić information content (AvgIpc) is 2.70. The number of hydrogen-bond donors (Lipinski definition) is 0. The molecule has 0 N–H and O–H groups in total. The summed E-state index contributed by atoms with van der Waals surface area (Å²) in [5, 5.41) is 0. The molecular formula is C21H27F6O3S+. The molecule has 0 bridgehead atoms. The molecule has 0 saturated heterocycles. The van der Waals surface area contributed by atoms with E-state index in [0.29, 0.717) is 0 Å². The summed E-state index contributed by atoms with van der Waals surface area (Å²) in [6.07, 6.45) is 0. The molecule has 0 radical (unpaired) electrons. The van der Waals surface area contributed by atoms with Gasteiger partial charge in [0.05, 0.1) is 32.2 Å². The lowest BCUT2D eigenvalue weighted by Gasteiger charge is -2.10. The van der Waals surface area contributed by atoms with Crippen molar-refractivity contribution >= 4 is 10.9 Å². The quantitative estimate of drug-likeness (QED) is 0.338. The van der Waals surface area contributed by atoms with E-state index in [1.807, 2.05) is 36.4 Å². The van der Waals surface area contributed by atoms with E-state index in [1.165, 1.54) is 14.7 Å². The monoisotopic (exact) mass is 473 g/mol. The van der Waals surface area contributed by atoms with Gasteiger partial charge in [0.25, 0.3) is 0 Å².